The van der Waals surface area contributed by atoms with Crippen LogP contribution in [0.5, 0.6) is 6.01 Å². The minimum atomic E-state index is -0.235. The molecule has 2 aromatic carbocycles. The largest absolute Gasteiger partial charge is 0.462 e. The van der Waals surface area contributed by atoms with Crippen LogP contribution in [0.1, 0.15) is 37.4 Å². The molecule has 2 fully saturated rings. The number of aromatic nitrogens is 2. The van der Waals surface area contributed by atoms with Crippen molar-refractivity contribution in [2.45, 2.75) is 57.3 Å². The predicted molar refractivity (Wildman–Crippen MR) is 170 cm³/mol. The number of hydrogen-bond acceptors (Lipinski definition) is 7. The number of carbonyl (C=O) groups excluding carboxylic acids is 1. The second-order valence-electron chi connectivity index (χ2n) is 12.1. The molecule has 1 aromatic heterocycles. The molecule has 3 aromatic rings. The van der Waals surface area contributed by atoms with Crippen molar-refractivity contribution in [2.75, 3.05) is 56.2 Å². The topological polar surface area (TPSA) is 69.4 Å². The summed E-state index contributed by atoms with van der Waals surface area (Å²) in [4.78, 5) is 35.3. The summed E-state index contributed by atoms with van der Waals surface area (Å²) in [7, 11) is 2.16. The second kappa shape index (κ2) is 12.6. The molecular formula is C34H41N7O2. The molecule has 9 heteroatoms. The Balaban J connectivity index is 1.35. The number of anilines is 2. The van der Waals surface area contributed by atoms with Crippen molar-refractivity contribution >= 4 is 28.2 Å². The summed E-state index contributed by atoms with van der Waals surface area (Å²) in [6, 6.07) is 15.5. The average Bonchev–Trinajstić information content (AvgIpc) is 3.04. The van der Waals surface area contributed by atoms with Crippen LogP contribution < -0.4 is 14.5 Å². The minimum Gasteiger partial charge on any atom is -0.462 e. The average molecular weight is 580 g/mol. The Morgan fingerprint density at radius 1 is 1.12 bits per heavy atom. The molecule has 3 atom stereocenters. The first kappa shape index (κ1) is 28.9. The van der Waals surface area contributed by atoms with Crippen LogP contribution in [-0.4, -0.2) is 90.2 Å². The van der Waals surface area contributed by atoms with Gasteiger partial charge in [-0.3, -0.25) is 4.79 Å². The van der Waals surface area contributed by atoms with Crippen LogP contribution >= 0.6 is 0 Å². The van der Waals surface area contributed by atoms with Gasteiger partial charge in [-0.15, -0.1) is 0 Å². The van der Waals surface area contributed by atoms with Gasteiger partial charge in [0.2, 0.25) is 12.5 Å². The highest BCUT2D eigenvalue weighted by Crippen LogP contribution is 2.35. The van der Waals surface area contributed by atoms with Crippen LogP contribution in [0, 0.1) is 6.57 Å². The van der Waals surface area contributed by atoms with Gasteiger partial charge in [0.05, 0.1) is 12.2 Å². The minimum absolute atomic E-state index is 0.0123. The van der Waals surface area contributed by atoms with Crippen LogP contribution in [0.25, 0.3) is 15.6 Å². The maximum Gasteiger partial charge on any atom is 0.318 e. The number of nitrogens with zero attached hydrogens (tertiary/aromatic N) is 7. The van der Waals surface area contributed by atoms with E-state index in [2.05, 4.69) is 82.6 Å². The summed E-state index contributed by atoms with van der Waals surface area (Å²) in [5.41, 5.74) is 3.32. The molecule has 0 bridgehead atoms. The fourth-order valence-corrected chi connectivity index (χ4v) is 6.89. The van der Waals surface area contributed by atoms with Crippen LogP contribution in [0.2, 0.25) is 0 Å². The van der Waals surface area contributed by atoms with Crippen molar-refractivity contribution < 1.29 is 9.53 Å². The highest BCUT2D eigenvalue weighted by atomic mass is 16.5. The normalized spacial score (nSPS) is 22.6. The third kappa shape index (κ3) is 5.89. The van der Waals surface area contributed by atoms with Gasteiger partial charge in [-0.25, -0.2) is 6.57 Å². The van der Waals surface area contributed by atoms with Crippen molar-refractivity contribution in [3.63, 3.8) is 0 Å². The number of ether oxygens (including phenoxy) is 1. The number of piperidine rings is 1. The summed E-state index contributed by atoms with van der Waals surface area (Å²) in [6.45, 7) is 17.8. The number of hydrogen-bond donors (Lipinski definition) is 0. The lowest BCUT2D eigenvalue weighted by atomic mass is 10.00. The van der Waals surface area contributed by atoms with Crippen molar-refractivity contribution in [1.82, 2.24) is 19.8 Å². The quantitative estimate of drug-likeness (QED) is 0.300. The van der Waals surface area contributed by atoms with Crippen LogP contribution in [0.4, 0.5) is 11.5 Å². The molecule has 0 spiro atoms. The van der Waals surface area contributed by atoms with Gasteiger partial charge in [0.25, 0.3) is 0 Å². The smallest absolute Gasteiger partial charge is 0.318 e. The van der Waals surface area contributed by atoms with E-state index in [4.69, 9.17) is 21.3 Å². The molecule has 1 amide bonds. The number of likely N-dealkylation sites (N-methyl/N-ethyl adjacent to an activating group) is 1. The first-order valence-corrected chi connectivity index (χ1v) is 15.4. The van der Waals surface area contributed by atoms with E-state index in [0.29, 0.717) is 38.3 Å². The van der Waals surface area contributed by atoms with Gasteiger partial charge < -0.3 is 29.2 Å². The molecule has 4 heterocycles. The monoisotopic (exact) mass is 579 g/mol. The number of carbonyl (C=O) groups is 1. The molecule has 0 radical (unpaired) electrons. The van der Waals surface area contributed by atoms with Gasteiger partial charge in [-0.05, 0) is 57.3 Å². The standard InChI is InChI=1S/C34H41N7O2/c1-5-32(42)41-20-24(2)40(21-27(41)19-35-3)33-29-16-18-39(31-15-10-12-25-11-6-7-14-28(25)31)22-30(29)36-34(37-33)43-23-26-13-8-9-17-38(26)4/h5-7,10-12,14-15,24,26-27H,1,8-9,13,16-23H2,2,4H3/t24-,26-,27-/m0/s1. The number of benzene rings is 2. The molecule has 6 rings (SSSR count). The molecule has 0 saturated carbocycles. The van der Waals surface area contributed by atoms with Gasteiger partial charge in [0.1, 0.15) is 18.5 Å². The van der Waals surface area contributed by atoms with E-state index in [9.17, 15) is 4.79 Å². The van der Waals surface area contributed by atoms with E-state index < -0.39 is 0 Å². The number of rotatable bonds is 7. The van der Waals surface area contributed by atoms with E-state index >= 15 is 0 Å². The number of amides is 1. The Labute approximate surface area is 254 Å². The Bertz CT molecular complexity index is 1530. The van der Waals surface area contributed by atoms with E-state index in [-0.39, 0.29) is 24.5 Å². The number of piperazine rings is 1. The van der Waals surface area contributed by atoms with Crippen LogP contribution in [0.3, 0.4) is 0 Å². The molecule has 0 aliphatic carbocycles. The van der Waals surface area contributed by atoms with Crippen molar-refractivity contribution in [2.24, 2.45) is 0 Å². The summed E-state index contributed by atoms with van der Waals surface area (Å²) < 4.78 is 6.38. The van der Waals surface area contributed by atoms with Crippen LogP contribution in [-0.2, 0) is 17.8 Å². The molecule has 0 N–H and O–H groups in total. The van der Waals surface area contributed by atoms with Gasteiger partial charge >= 0.3 is 6.01 Å². The lowest BCUT2D eigenvalue weighted by molar-refractivity contribution is -0.128. The third-order valence-electron chi connectivity index (χ3n) is 9.33. The van der Waals surface area contributed by atoms with Crippen molar-refractivity contribution in [3.05, 3.63) is 77.8 Å². The SMILES string of the molecule is [C-]#[N+]C[C@H]1CN(c2nc(OC[C@@H]3CCCCN3C)nc3c2CCN(c2cccc4ccccc24)C3)[C@@H](C)CN1C(=O)C=C. The predicted octanol–water partition coefficient (Wildman–Crippen LogP) is 4.57. The Kier molecular flexibility index (Phi) is 8.48. The van der Waals surface area contributed by atoms with Gasteiger partial charge in [-0.2, -0.15) is 9.97 Å². The molecule has 43 heavy (non-hydrogen) atoms. The molecular weight excluding hydrogens is 538 g/mol. The second-order valence-corrected chi connectivity index (χ2v) is 12.1. The Morgan fingerprint density at radius 2 is 1.95 bits per heavy atom. The van der Waals surface area contributed by atoms with Crippen molar-refractivity contribution in [1.29, 1.82) is 0 Å². The lowest BCUT2D eigenvalue weighted by Crippen LogP contribution is -2.60. The van der Waals surface area contributed by atoms with E-state index in [1.165, 1.54) is 35.4 Å². The summed E-state index contributed by atoms with van der Waals surface area (Å²) in [5, 5.41) is 2.46. The highest BCUT2D eigenvalue weighted by molar-refractivity contribution is 5.94. The Hall–Kier alpha value is -4.16. The molecule has 9 nitrogen and oxygen atoms in total. The molecule has 3 aliphatic rings. The maximum atomic E-state index is 12.7. The van der Waals surface area contributed by atoms with Gasteiger partial charge in [0.15, 0.2) is 0 Å². The van der Waals surface area contributed by atoms with Gasteiger partial charge in [0, 0.05) is 48.4 Å². The molecule has 224 valence electrons. The first-order chi connectivity index (χ1) is 21.0. The zero-order valence-electron chi connectivity index (χ0n) is 25.3. The van der Waals surface area contributed by atoms with Crippen molar-refractivity contribution in [3.8, 4) is 6.01 Å². The summed E-state index contributed by atoms with van der Waals surface area (Å²) in [5.74, 6) is 0.749. The zero-order valence-corrected chi connectivity index (χ0v) is 25.3. The lowest BCUT2D eigenvalue weighted by Gasteiger charge is -2.45. The summed E-state index contributed by atoms with van der Waals surface area (Å²) in [6.07, 6.45) is 5.69. The highest BCUT2D eigenvalue weighted by Gasteiger charge is 2.38. The van der Waals surface area contributed by atoms with Crippen LogP contribution in [0.15, 0.2) is 55.1 Å². The first-order valence-electron chi connectivity index (χ1n) is 15.4. The van der Waals surface area contributed by atoms with E-state index in [1.54, 1.807) is 4.90 Å². The van der Waals surface area contributed by atoms with E-state index in [0.717, 1.165) is 43.0 Å². The third-order valence-corrected chi connectivity index (χ3v) is 9.33. The molecule has 2 saturated heterocycles. The van der Waals surface area contributed by atoms with Gasteiger partial charge in [-0.1, -0.05) is 49.4 Å². The zero-order chi connectivity index (χ0) is 29.9. The Morgan fingerprint density at radius 3 is 2.77 bits per heavy atom. The maximum absolute atomic E-state index is 12.7. The fraction of sp³-hybridized carbons (Fsp3) is 0.471. The molecule has 3 aliphatic heterocycles. The number of likely N-dealkylation sites (tertiary alicyclic amines) is 1. The molecule has 0 unspecified atom stereocenters. The van der Waals surface area contributed by atoms with E-state index in [1.807, 2.05) is 0 Å². The number of fused-ring (bicyclic) bond motifs is 2. The fourth-order valence-electron chi connectivity index (χ4n) is 6.89. The summed E-state index contributed by atoms with van der Waals surface area (Å²) >= 11 is 0.